The van der Waals surface area contributed by atoms with Crippen molar-refractivity contribution in [1.82, 2.24) is 29.9 Å². The minimum Gasteiger partial charge on any atom is -0.481 e. The van der Waals surface area contributed by atoms with Gasteiger partial charge in [0.1, 0.15) is 35.5 Å². The van der Waals surface area contributed by atoms with E-state index < -0.39 is 5.97 Å². The van der Waals surface area contributed by atoms with Gasteiger partial charge < -0.3 is 19.5 Å². The van der Waals surface area contributed by atoms with Crippen molar-refractivity contribution in [1.29, 1.82) is 0 Å². The smallest absolute Gasteiger partial charge is 0.409 e. The summed E-state index contributed by atoms with van der Waals surface area (Å²) in [5, 5.41) is 17.5. The molecule has 11 nitrogen and oxygen atoms in total. The molecule has 2 aliphatic carbocycles. The lowest BCUT2D eigenvalue weighted by Gasteiger charge is -2.27. The summed E-state index contributed by atoms with van der Waals surface area (Å²) in [5.74, 6) is 0.425. The number of rotatable bonds is 8. The number of aliphatic carboxylic acids is 1. The topological polar surface area (TPSA) is 133 Å². The van der Waals surface area contributed by atoms with Crippen LogP contribution in [0.1, 0.15) is 50.4 Å². The maximum atomic E-state index is 12.4. The molecule has 0 bridgehead atoms. The molecule has 0 unspecified atom stereocenters. The largest absolute Gasteiger partial charge is 0.481 e. The third kappa shape index (κ3) is 5.45. The van der Waals surface area contributed by atoms with E-state index in [0.29, 0.717) is 59.9 Å². The molecule has 2 aliphatic rings. The van der Waals surface area contributed by atoms with Crippen molar-refractivity contribution in [3.63, 3.8) is 0 Å². The van der Waals surface area contributed by atoms with Gasteiger partial charge in [0.2, 0.25) is 5.88 Å². The maximum Gasteiger partial charge on any atom is 0.409 e. The molecule has 1 N–H and O–H groups in total. The molecule has 0 spiro atoms. The molecule has 184 valence electrons. The van der Waals surface area contributed by atoms with Crippen molar-refractivity contribution in [3.05, 3.63) is 17.6 Å². The standard InChI is InChI=1S/C23H32N6O5/c1-13-8-16(13)11-28(3)23(32)33-12-19-20(26-27-29(19)4)18-10-24-21(14(2)25-18)34-17-7-5-6-15(9-17)22(30)31/h10,13,15-17H,5-9,11-12H2,1-4H3,(H,30,31)/t13-,15+,16+,17+/m1/s1. The molecule has 4 rings (SSSR count). The minimum atomic E-state index is -0.782. The van der Waals surface area contributed by atoms with Crippen LogP contribution in [0.4, 0.5) is 4.79 Å². The predicted octanol–water partition coefficient (Wildman–Crippen LogP) is 2.83. The van der Waals surface area contributed by atoms with Gasteiger partial charge in [-0.05, 0) is 50.9 Å². The second kappa shape index (κ2) is 9.94. The van der Waals surface area contributed by atoms with Crippen LogP contribution in [-0.4, -0.2) is 66.7 Å². The quantitative estimate of drug-likeness (QED) is 0.616. The number of carbonyl (C=O) groups excluding carboxylic acids is 1. The first-order chi connectivity index (χ1) is 16.2. The lowest BCUT2D eigenvalue weighted by molar-refractivity contribution is -0.143. The number of ether oxygens (including phenoxy) is 2. The summed E-state index contributed by atoms with van der Waals surface area (Å²) in [4.78, 5) is 34.3. The number of carboxylic acid groups (broad SMARTS) is 1. The summed E-state index contributed by atoms with van der Waals surface area (Å²) in [6.45, 7) is 4.67. The molecule has 34 heavy (non-hydrogen) atoms. The average molecular weight is 473 g/mol. The van der Waals surface area contributed by atoms with E-state index in [4.69, 9.17) is 9.47 Å². The highest BCUT2D eigenvalue weighted by Gasteiger charge is 2.34. The number of carbonyl (C=O) groups is 2. The number of carboxylic acids is 1. The zero-order chi connectivity index (χ0) is 24.4. The highest BCUT2D eigenvalue weighted by Crippen LogP contribution is 2.38. The fraction of sp³-hybridized carbons (Fsp3) is 0.652. The van der Waals surface area contributed by atoms with Crippen molar-refractivity contribution in [3.8, 4) is 17.3 Å². The summed E-state index contributed by atoms with van der Waals surface area (Å²) < 4.78 is 13.1. The second-order valence-corrected chi connectivity index (χ2v) is 9.50. The number of hydrogen-bond acceptors (Lipinski definition) is 8. The van der Waals surface area contributed by atoms with Crippen LogP contribution in [0.2, 0.25) is 0 Å². The van der Waals surface area contributed by atoms with E-state index in [1.807, 2.05) is 0 Å². The Kier molecular flexibility index (Phi) is 6.99. The zero-order valence-corrected chi connectivity index (χ0v) is 20.1. The van der Waals surface area contributed by atoms with Gasteiger partial charge in [-0.2, -0.15) is 0 Å². The Balaban J connectivity index is 1.41. The van der Waals surface area contributed by atoms with Crippen LogP contribution in [0, 0.1) is 24.7 Å². The molecule has 2 fully saturated rings. The van der Waals surface area contributed by atoms with Crippen LogP contribution < -0.4 is 4.74 Å². The molecular formula is C23H32N6O5. The third-order valence-corrected chi connectivity index (χ3v) is 6.77. The fourth-order valence-corrected chi connectivity index (χ4v) is 4.39. The molecule has 2 saturated carbocycles. The van der Waals surface area contributed by atoms with Gasteiger partial charge in [-0.1, -0.05) is 12.1 Å². The lowest BCUT2D eigenvalue weighted by Crippen LogP contribution is -2.30. The summed E-state index contributed by atoms with van der Waals surface area (Å²) in [6.07, 6.45) is 4.85. The van der Waals surface area contributed by atoms with E-state index in [-0.39, 0.29) is 24.7 Å². The highest BCUT2D eigenvalue weighted by molar-refractivity contribution is 5.70. The van der Waals surface area contributed by atoms with Gasteiger partial charge in [0.05, 0.1) is 12.1 Å². The Hall–Kier alpha value is -3.24. The fourth-order valence-electron chi connectivity index (χ4n) is 4.39. The summed E-state index contributed by atoms with van der Waals surface area (Å²) in [5.41, 5.74) is 2.16. The van der Waals surface area contributed by atoms with Gasteiger partial charge in [-0.3, -0.25) is 4.79 Å². The molecule has 0 radical (unpaired) electrons. The maximum absolute atomic E-state index is 12.4. The van der Waals surface area contributed by atoms with Crippen molar-refractivity contribution in [2.24, 2.45) is 24.8 Å². The normalized spacial score (nSPS) is 23.9. The van der Waals surface area contributed by atoms with Crippen molar-refractivity contribution < 1.29 is 24.2 Å². The number of hydrogen-bond donors (Lipinski definition) is 1. The van der Waals surface area contributed by atoms with Crippen LogP contribution in [0.15, 0.2) is 6.20 Å². The summed E-state index contributed by atoms with van der Waals surface area (Å²) >= 11 is 0. The Bertz CT molecular complexity index is 1060. The van der Waals surface area contributed by atoms with Crippen LogP contribution in [0.3, 0.4) is 0 Å². The van der Waals surface area contributed by atoms with E-state index >= 15 is 0 Å². The van der Waals surface area contributed by atoms with Crippen LogP contribution in [0.25, 0.3) is 11.4 Å². The van der Waals surface area contributed by atoms with E-state index in [1.165, 1.54) is 0 Å². The SMILES string of the molecule is Cc1nc(-c2nnn(C)c2COC(=O)N(C)C[C@@H]2C[C@H]2C)cnc1O[C@H]1CCC[C@H](C(=O)O)C1. The molecule has 1 amide bonds. The molecule has 0 aliphatic heterocycles. The van der Waals surface area contributed by atoms with Gasteiger partial charge in [0, 0.05) is 20.6 Å². The number of aromatic nitrogens is 5. The highest BCUT2D eigenvalue weighted by atomic mass is 16.6. The van der Waals surface area contributed by atoms with Gasteiger partial charge in [0.15, 0.2) is 0 Å². The first kappa shape index (κ1) is 23.9. The summed E-state index contributed by atoms with van der Waals surface area (Å²) in [7, 11) is 3.48. The second-order valence-electron chi connectivity index (χ2n) is 9.50. The molecule has 2 heterocycles. The molecule has 0 saturated heterocycles. The van der Waals surface area contributed by atoms with E-state index in [0.717, 1.165) is 19.3 Å². The van der Waals surface area contributed by atoms with Gasteiger partial charge in [-0.15, -0.1) is 5.10 Å². The lowest BCUT2D eigenvalue weighted by atomic mass is 9.87. The molecule has 11 heteroatoms. The van der Waals surface area contributed by atoms with Gasteiger partial charge in [-0.25, -0.2) is 19.4 Å². The van der Waals surface area contributed by atoms with Crippen molar-refractivity contribution >= 4 is 12.1 Å². The molecule has 0 aromatic carbocycles. The Morgan fingerprint density at radius 2 is 2.06 bits per heavy atom. The van der Waals surface area contributed by atoms with Crippen LogP contribution >= 0.6 is 0 Å². The first-order valence-corrected chi connectivity index (χ1v) is 11.7. The van der Waals surface area contributed by atoms with Crippen LogP contribution in [0.5, 0.6) is 5.88 Å². The Morgan fingerprint density at radius 3 is 2.74 bits per heavy atom. The van der Waals surface area contributed by atoms with E-state index in [2.05, 4.69) is 27.2 Å². The summed E-state index contributed by atoms with van der Waals surface area (Å²) in [6, 6.07) is 0. The van der Waals surface area contributed by atoms with Crippen molar-refractivity contribution in [2.75, 3.05) is 13.6 Å². The van der Waals surface area contributed by atoms with Crippen LogP contribution in [-0.2, 0) is 23.2 Å². The minimum absolute atomic E-state index is 0.0137. The number of amides is 1. The molecule has 2 aromatic rings. The average Bonchev–Trinajstić information content (AvgIpc) is 3.37. The van der Waals surface area contributed by atoms with Gasteiger partial charge in [0.25, 0.3) is 0 Å². The zero-order valence-electron chi connectivity index (χ0n) is 20.1. The van der Waals surface area contributed by atoms with Gasteiger partial charge >= 0.3 is 12.1 Å². The molecule has 2 aromatic heterocycles. The first-order valence-electron chi connectivity index (χ1n) is 11.7. The molecular weight excluding hydrogens is 440 g/mol. The van der Waals surface area contributed by atoms with Crippen molar-refractivity contribution in [2.45, 2.75) is 58.7 Å². The van der Waals surface area contributed by atoms with E-state index in [1.54, 1.807) is 36.8 Å². The number of aryl methyl sites for hydroxylation is 2. The number of nitrogens with zero attached hydrogens (tertiary/aromatic N) is 6. The predicted molar refractivity (Wildman–Crippen MR) is 121 cm³/mol. The Labute approximate surface area is 198 Å². The molecule has 4 atom stereocenters. The Morgan fingerprint density at radius 1 is 1.29 bits per heavy atom. The third-order valence-electron chi connectivity index (χ3n) is 6.77. The monoisotopic (exact) mass is 472 g/mol. The van der Waals surface area contributed by atoms with E-state index in [9.17, 15) is 14.7 Å².